The van der Waals surface area contributed by atoms with Crippen LogP contribution < -0.4 is 5.43 Å². The van der Waals surface area contributed by atoms with Crippen LogP contribution in [0.15, 0.2) is 77.9 Å². The van der Waals surface area contributed by atoms with Gasteiger partial charge in [-0.1, -0.05) is 12.1 Å². The number of aromatic nitrogens is 2. The van der Waals surface area contributed by atoms with Crippen LogP contribution in [0.1, 0.15) is 0 Å². The summed E-state index contributed by atoms with van der Waals surface area (Å²) in [6.45, 7) is 0. The summed E-state index contributed by atoms with van der Waals surface area (Å²) in [7, 11) is 0. The second kappa shape index (κ2) is 5.74. The standard InChI is InChI=1S/C20H13FN2O/c21-15-7-5-14(6-8-15)19-18(13-9-11-22-12-10-13)20(24)16-3-1-2-4-17(16)23-19/h1-12H,(H,23,24). The number of fused-ring (bicyclic) bond motifs is 1. The first-order valence-electron chi connectivity index (χ1n) is 7.55. The number of benzene rings is 2. The molecule has 4 aromatic rings. The number of pyridine rings is 2. The van der Waals surface area contributed by atoms with Crippen LogP contribution in [-0.2, 0) is 0 Å². The summed E-state index contributed by atoms with van der Waals surface area (Å²) in [4.78, 5) is 20.4. The molecule has 0 aliphatic rings. The smallest absolute Gasteiger partial charge is 0.197 e. The zero-order valence-electron chi connectivity index (χ0n) is 12.7. The minimum Gasteiger partial charge on any atom is -0.354 e. The highest BCUT2D eigenvalue weighted by Gasteiger charge is 2.15. The average Bonchev–Trinajstić information content (AvgIpc) is 2.63. The van der Waals surface area contributed by atoms with Crippen molar-refractivity contribution >= 4 is 10.9 Å². The number of aromatic amines is 1. The topological polar surface area (TPSA) is 45.8 Å². The molecule has 2 heterocycles. The van der Waals surface area contributed by atoms with E-state index in [0.29, 0.717) is 16.6 Å². The number of nitrogens with one attached hydrogen (secondary N) is 1. The van der Waals surface area contributed by atoms with Crippen molar-refractivity contribution < 1.29 is 4.39 Å². The van der Waals surface area contributed by atoms with E-state index in [1.54, 1.807) is 42.7 Å². The molecule has 24 heavy (non-hydrogen) atoms. The molecule has 0 fully saturated rings. The van der Waals surface area contributed by atoms with Crippen molar-refractivity contribution in [3.8, 4) is 22.4 Å². The number of H-pyrrole nitrogens is 1. The quantitative estimate of drug-likeness (QED) is 0.596. The summed E-state index contributed by atoms with van der Waals surface area (Å²) in [5.41, 5.74) is 3.45. The summed E-state index contributed by atoms with van der Waals surface area (Å²) in [5, 5.41) is 0.621. The Balaban J connectivity index is 2.11. The highest BCUT2D eigenvalue weighted by Crippen LogP contribution is 2.29. The monoisotopic (exact) mass is 316 g/mol. The van der Waals surface area contributed by atoms with E-state index >= 15 is 0 Å². The second-order valence-corrected chi connectivity index (χ2v) is 5.49. The molecule has 0 saturated heterocycles. The fraction of sp³-hybridized carbons (Fsp3) is 0. The van der Waals surface area contributed by atoms with Gasteiger partial charge in [-0.05, 0) is 59.7 Å². The molecule has 0 unspecified atom stereocenters. The molecule has 2 aromatic heterocycles. The van der Waals surface area contributed by atoms with E-state index in [9.17, 15) is 9.18 Å². The molecular weight excluding hydrogens is 303 g/mol. The third-order valence-corrected chi connectivity index (χ3v) is 4.01. The summed E-state index contributed by atoms with van der Waals surface area (Å²) in [5.74, 6) is -0.313. The van der Waals surface area contributed by atoms with Gasteiger partial charge in [0.2, 0.25) is 0 Å². The zero-order chi connectivity index (χ0) is 16.5. The lowest BCUT2D eigenvalue weighted by Gasteiger charge is -2.12. The molecule has 0 spiro atoms. The van der Waals surface area contributed by atoms with Crippen LogP contribution in [0, 0.1) is 5.82 Å². The van der Waals surface area contributed by atoms with E-state index in [2.05, 4.69) is 9.97 Å². The molecule has 1 N–H and O–H groups in total. The number of nitrogens with zero attached hydrogens (tertiary/aromatic N) is 1. The Bertz CT molecular complexity index is 1070. The Morgan fingerprint density at radius 1 is 0.833 bits per heavy atom. The lowest BCUT2D eigenvalue weighted by Crippen LogP contribution is -2.09. The molecule has 0 aliphatic heterocycles. The molecule has 0 aliphatic carbocycles. The van der Waals surface area contributed by atoms with Gasteiger partial charge < -0.3 is 4.98 Å². The highest BCUT2D eigenvalue weighted by atomic mass is 19.1. The van der Waals surface area contributed by atoms with Gasteiger partial charge in [0, 0.05) is 23.3 Å². The number of hydrogen-bond acceptors (Lipinski definition) is 2. The minimum atomic E-state index is -0.313. The van der Waals surface area contributed by atoms with Crippen LogP contribution >= 0.6 is 0 Å². The van der Waals surface area contributed by atoms with E-state index < -0.39 is 0 Å². The number of para-hydroxylation sites is 1. The maximum Gasteiger partial charge on any atom is 0.197 e. The number of rotatable bonds is 2. The van der Waals surface area contributed by atoms with Crippen LogP contribution in [0.2, 0.25) is 0 Å². The third kappa shape index (κ3) is 2.38. The van der Waals surface area contributed by atoms with E-state index in [1.165, 1.54) is 12.1 Å². The molecule has 0 atom stereocenters. The molecule has 3 nitrogen and oxygen atoms in total. The van der Waals surface area contributed by atoms with Gasteiger partial charge in [-0.2, -0.15) is 0 Å². The van der Waals surface area contributed by atoms with Crippen molar-refractivity contribution in [1.29, 1.82) is 0 Å². The maximum atomic E-state index is 13.3. The summed E-state index contributed by atoms with van der Waals surface area (Å²) in [6, 6.07) is 17.1. The van der Waals surface area contributed by atoms with Crippen molar-refractivity contribution in [3.05, 3.63) is 89.1 Å². The van der Waals surface area contributed by atoms with Crippen molar-refractivity contribution in [2.24, 2.45) is 0 Å². The maximum absolute atomic E-state index is 13.3. The second-order valence-electron chi connectivity index (χ2n) is 5.49. The Morgan fingerprint density at radius 2 is 1.54 bits per heavy atom. The molecule has 0 bridgehead atoms. The lowest BCUT2D eigenvalue weighted by molar-refractivity contribution is 0.628. The fourth-order valence-corrected chi connectivity index (χ4v) is 2.86. The summed E-state index contributed by atoms with van der Waals surface area (Å²) < 4.78 is 13.3. The van der Waals surface area contributed by atoms with Gasteiger partial charge in [0.25, 0.3) is 0 Å². The zero-order valence-corrected chi connectivity index (χ0v) is 12.7. The van der Waals surface area contributed by atoms with Gasteiger partial charge in [-0.3, -0.25) is 9.78 Å². The van der Waals surface area contributed by atoms with E-state index in [-0.39, 0.29) is 11.2 Å². The van der Waals surface area contributed by atoms with Crippen molar-refractivity contribution in [2.45, 2.75) is 0 Å². The Morgan fingerprint density at radius 3 is 2.29 bits per heavy atom. The summed E-state index contributed by atoms with van der Waals surface area (Å²) in [6.07, 6.45) is 3.30. The number of halogens is 1. The Labute approximate surface area is 137 Å². The van der Waals surface area contributed by atoms with Crippen LogP contribution in [0.3, 0.4) is 0 Å². The third-order valence-electron chi connectivity index (χ3n) is 4.01. The van der Waals surface area contributed by atoms with E-state index in [4.69, 9.17) is 0 Å². The van der Waals surface area contributed by atoms with Gasteiger partial charge >= 0.3 is 0 Å². The summed E-state index contributed by atoms with van der Waals surface area (Å²) >= 11 is 0. The highest BCUT2D eigenvalue weighted by molar-refractivity contribution is 5.91. The Kier molecular flexibility index (Phi) is 3.43. The predicted octanol–water partition coefficient (Wildman–Crippen LogP) is 4.40. The van der Waals surface area contributed by atoms with Crippen LogP contribution in [-0.4, -0.2) is 9.97 Å². The molecule has 4 heteroatoms. The predicted molar refractivity (Wildman–Crippen MR) is 93.2 cm³/mol. The van der Waals surface area contributed by atoms with Crippen molar-refractivity contribution in [3.63, 3.8) is 0 Å². The Hall–Kier alpha value is -3.27. The van der Waals surface area contributed by atoms with Gasteiger partial charge in [-0.25, -0.2) is 4.39 Å². The SMILES string of the molecule is O=c1c(-c2ccncc2)c(-c2ccc(F)cc2)[nH]c2ccccc12. The van der Waals surface area contributed by atoms with Crippen molar-refractivity contribution in [2.75, 3.05) is 0 Å². The molecule has 4 rings (SSSR count). The average molecular weight is 316 g/mol. The molecule has 2 aromatic carbocycles. The van der Waals surface area contributed by atoms with Crippen LogP contribution in [0.4, 0.5) is 4.39 Å². The first-order valence-corrected chi connectivity index (χ1v) is 7.55. The van der Waals surface area contributed by atoms with Crippen molar-refractivity contribution in [1.82, 2.24) is 9.97 Å². The molecule has 116 valence electrons. The van der Waals surface area contributed by atoms with E-state index in [1.807, 2.05) is 18.2 Å². The molecule has 0 saturated carbocycles. The molecule has 0 amide bonds. The van der Waals surface area contributed by atoms with E-state index in [0.717, 1.165) is 16.6 Å². The fourth-order valence-electron chi connectivity index (χ4n) is 2.86. The largest absolute Gasteiger partial charge is 0.354 e. The first kappa shape index (κ1) is 14.3. The first-order chi connectivity index (χ1) is 11.7. The lowest BCUT2D eigenvalue weighted by atomic mass is 9.97. The van der Waals surface area contributed by atoms with Gasteiger partial charge in [-0.15, -0.1) is 0 Å². The van der Waals surface area contributed by atoms with Gasteiger partial charge in [0.1, 0.15) is 5.82 Å². The molecule has 0 radical (unpaired) electrons. The van der Waals surface area contributed by atoms with Gasteiger partial charge in [0.15, 0.2) is 5.43 Å². The molecular formula is C20H13FN2O. The van der Waals surface area contributed by atoms with Gasteiger partial charge in [0.05, 0.1) is 11.3 Å². The van der Waals surface area contributed by atoms with Crippen LogP contribution in [0.5, 0.6) is 0 Å². The normalized spacial score (nSPS) is 10.9. The number of hydrogen-bond donors (Lipinski definition) is 1. The van der Waals surface area contributed by atoms with Crippen LogP contribution in [0.25, 0.3) is 33.3 Å². The minimum absolute atomic E-state index is 0.0603.